The Kier molecular flexibility index (Phi) is 2.90. The van der Waals surface area contributed by atoms with Gasteiger partial charge in [0, 0.05) is 17.8 Å². The highest BCUT2D eigenvalue weighted by Gasteiger charge is 2.28. The monoisotopic (exact) mass is 192 g/mol. The third-order valence-corrected chi connectivity index (χ3v) is 3.14. The Morgan fingerprint density at radius 1 is 1.50 bits per heavy atom. The van der Waals surface area contributed by atoms with Crippen LogP contribution in [-0.4, -0.2) is 9.78 Å². The average molecular weight is 192 g/mol. The summed E-state index contributed by atoms with van der Waals surface area (Å²) in [4.78, 5) is 0. The second-order valence-corrected chi connectivity index (χ2v) is 4.33. The summed E-state index contributed by atoms with van der Waals surface area (Å²) in [6.45, 7) is 4.52. The molecule has 0 bridgehead atoms. The van der Waals surface area contributed by atoms with E-state index in [1.54, 1.807) is 0 Å². The van der Waals surface area contributed by atoms with Gasteiger partial charge in [-0.15, -0.1) is 0 Å². The van der Waals surface area contributed by atoms with Crippen LogP contribution in [0.3, 0.4) is 0 Å². The van der Waals surface area contributed by atoms with Crippen LogP contribution in [0.2, 0.25) is 0 Å². The van der Waals surface area contributed by atoms with E-state index >= 15 is 0 Å². The lowest BCUT2D eigenvalue weighted by Crippen LogP contribution is -2.12. The van der Waals surface area contributed by atoms with Crippen molar-refractivity contribution in [3.05, 3.63) is 18.0 Å². The Labute approximate surface area is 86.3 Å². The van der Waals surface area contributed by atoms with Crippen LogP contribution in [0.5, 0.6) is 0 Å². The SMILES string of the molecule is CCCC(CC)n1nccc1C1CC1. The zero-order chi connectivity index (χ0) is 9.97. The van der Waals surface area contributed by atoms with Crippen LogP contribution in [0, 0.1) is 0 Å². The van der Waals surface area contributed by atoms with Gasteiger partial charge in [-0.25, -0.2) is 0 Å². The summed E-state index contributed by atoms with van der Waals surface area (Å²) in [6, 6.07) is 2.83. The molecule has 1 aromatic rings. The lowest BCUT2D eigenvalue weighted by molar-refractivity contribution is 0.397. The van der Waals surface area contributed by atoms with E-state index in [0.29, 0.717) is 6.04 Å². The van der Waals surface area contributed by atoms with Crippen LogP contribution >= 0.6 is 0 Å². The Morgan fingerprint density at radius 2 is 2.29 bits per heavy atom. The molecule has 0 saturated heterocycles. The van der Waals surface area contributed by atoms with Crippen molar-refractivity contribution < 1.29 is 0 Å². The minimum atomic E-state index is 0.630. The van der Waals surface area contributed by atoms with Gasteiger partial charge in [-0.3, -0.25) is 4.68 Å². The Hall–Kier alpha value is -0.790. The number of rotatable bonds is 5. The molecule has 1 atom stereocenters. The van der Waals surface area contributed by atoms with Crippen molar-refractivity contribution in [1.82, 2.24) is 9.78 Å². The van der Waals surface area contributed by atoms with Gasteiger partial charge in [0.05, 0.1) is 6.04 Å². The number of hydrogen-bond acceptors (Lipinski definition) is 1. The molecule has 0 spiro atoms. The topological polar surface area (TPSA) is 17.8 Å². The summed E-state index contributed by atoms with van der Waals surface area (Å²) in [5, 5.41) is 4.48. The molecular formula is C12H20N2. The number of nitrogens with zero attached hydrogens (tertiary/aromatic N) is 2. The molecule has 1 unspecified atom stereocenters. The first kappa shape index (κ1) is 9.75. The van der Waals surface area contributed by atoms with E-state index < -0.39 is 0 Å². The fraction of sp³-hybridized carbons (Fsp3) is 0.750. The highest BCUT2D eigenvalue weighted by Crippen LogP contribution is 2.41. The molecule has 78 valence electrons. The molecule has 0 aromatic carbocycles. The molecule has 0 aliphatic heterocycles. The van der Waals surface area contributed by atoms with Gasteiger partial charge in [-0.2, -0.15) is 5.10 Å². The quantitative estimate of drug-likeness (QED) is 0.698. The smallest absolute Gasteiger partial charge is 0.0519 e. The van der Waals surface area contributed by atoms with E-state index in [0.717, 1.165) is 5.92 Å². The van der Waals surface area contributed by atoms with E-state index in [1.807, 2.05) is 6.20 Å². The molecule has 1 aromatic heterocycles. The predicted molar refractivity (Wildman–Crippen MR) is 58.4 cm³/mol. The molecule has 0 radical (unpaired) electrons. The second kappa shape index (κ2) is 4.16. The van der Waals surface area contributed by atoms with Gasteiger partial charge in [0.1, 0.15) is 0 Å². The first-order valence-electron chi connectivity index (χ1n) is 5.90. The third kappa shape index (κ3) is 1.84. The van der Waals surface area contributed by atoms with E-state index in [4.69, 9.17) is 0 Å². The molecule has 1 fully saturated rings. The Balaban J connectivity index is 2.15. The summed E-state index contributed by atoms with van der Waals surface area (Å²) in [5.41, 5.74) is 1.48. The van der Waals surface area contributed by atoms with Crippen molar-refractivity contribution in [2.45, 2.75) is 57.9 Å². The van der Waals surface area contributed by atoms with E-state index in [9.17, 15) is 0 Å². The lowest BCUT2D eigenvalue weighted by atomic mass is 10.1. The maximum absolute atomic E-state index is 4.48. The molecule has 2 nitrogen and oxygen atoms in total. The summed E-state index contributed by atoms with van der Waals surface area (Å²) in [6.07, 6.45) is 8.42. The van der Waals surface area contributed by atoms with Crippen molar-refractivity contribution in [1.29, 1.82) is 0 Å². The molecule has 2 rings (SSSR count). The van der Waals surface area contributed by atoms with Crippen LogP contribution in [0.1, 0.15) is 63.6 Å². The van der Waals surface area contributed by atoms with Gasteiger partial charge in [-0.1, -0.05) is 20.3 Å². The summed E-state index contributed by atoms with van der Waals surface area (Å²) < 4.78 is 2.28. The first-order valence-corrected chi connectivity index (χ1v) is 5.90. The highest BCUT2D eigenvalue weighted by molar-refractivity contribution is 5.14. The van der Waals surface area contributed by atoms with E-state index in [1.165, 1.54) is 37.8 Å². The van der Waals surface area contributed by atoms with Gasteiger partial charge in [0.25, 0.3) is 0 Å². The van der Waals surface area contributed by atoms with Crippen LogP contribution in [-0.2, 0) is 0 Å². The number of aromatic nitrogens is 2. The predicted octanol–water partition coefficient (Wildman–Crippen LogP) is 3.51. The van der Waals surface area contributed by atoms with E-state index in [2.05, 4.69) is 29.7 Å². The van der Waals surface area contributed by atoms with E-state index in [-0.39, 0.29) is 0 Å². The van der Waals surface area contributed by atoms with Crippen molar-refractivity contribution in [3.8, 4) is 0 Å². The Bertz CT molecular complexity index is 286. The molecule has 14 heavy (non-hydrogen) atoms. The Morgan fingerprint density at radius 3 is 2.86 bits per heavy atom. The lowest BCUT2D eigenvalue weighted by Gasteiger charge is -2.17. The van der Waals surface area contributed by atoms with Gasteiger partial charge >= 0.3 is 0 Å². The number of hydrogen-bond donors (Lipinski definition) is 0. The third-order valence-electron chi connectivity index (χ3n) is 3.14. The van der Waals surface area contributed by atoms with Gasteiger partial charge in [-0.05, 0) is 31.7 Å². The summed E-state index contributed by atoms with van der Waals surface area (Å²) in [7, 11) is 0. The molecule has 0 N–H and O–H groups in total. The van der Waals surface area contributed by atoms with Crippen LogP contribution in [0.15, 0.2) is 12.3 Å². The maximum Gasteiger partial charge on any atom is 0.0519 e. The molecule has 1 saturated carbocycles. The fourth-order valence-corrected chi connectivity index (χ4v) is 2.16. The van der Waals surface area contributed by atoms with Gasteiger partial charge < -0.3 is 0 Å². The van der Waals surface area contributed by atoms with Gasteiger partial charge in [0.2, 0.25) is 0 Å². The van der Waals surface area contributed by atoms with Crippen molar-refractivity contribution in [3.63, 3.8) is 0 Å². The highest BCUT2D eigenvalue weighted by atomic mass is 15.3. The van der Waals surface area contributed by atoms with Gasteiger partial charge in [0.15, 0.2) is 0 Å². The second-order valence-electron chi connectivity index (χ2n) is 4.33. The summed E-state index contributed by atoms with van der Waals surface area (Å²) in [5.74, 6) is 0.823. The molecule has 1 aliphatic carbocycles. The van der Waals surface area contributed by atoms with Crippen molar-refractivity contribution in [2.75, 3.05) is 0 Å². The summed E-state index contributed by atoms with van der Waals surface area (Å²) >= 11 is 0. The minimum Gasteiger partial charge on any atom is -0.266 e. The molecule has 1 heterocycles. The van der Waals surface area contributed by atoms with Crippen molar-refractivity contribution >= 4 is 0 Å². The zero-order valence-electron chi connectivity index (χ0n) is 9.24. The molecular weight excluding hydrogens is 172 g/mol. The van der Waals surface area contributed by atoms with Crippen LogP contribution in [0.4, 0.5) is 0 Å². The normalized spacial score (nSPS) is 18.4. The zero-order valence-corrected chi connectivity index (χ0v) is 9.24. The first-order chi connectivity index (χ1) is 6.86. The maximum atomic E-state index is 4.48. The van der Waals surface area contributed by atoms with Crippen LogP contribution < -0.4 is 0 Å². The molecule has 2 heteroatoms. The fourth-order valence-electron chi connectivity index (χ4n) is 2.16. The van der Waals surface area contributed by atoms with Crippen LogP contribution in [0.25, 0.3) is 0 Å². The van der Waals surface area contributed by atoms with Crippen molar-refractivity contribution in [2.24, 2.45) is 0 Å². The molecule has 0 amide bonds. The minimum absolute atomic E-state index is 0.630. The standard InChI is InChI=1S/C12H20N2/c1-3-5-11(4-2)14-12(8-9-13-14)10-6-7-10/h8-11H,3-7H2,1-2H3. The molecule has 1 aliphatic rings. The average Bonchev–Trinajstić information content (AvgIpc) is 2.94. The largest absolute Gasteiger partial charge is 0.266 e.